The van der Waals surface area contributed by atoms with Crippen LogP contribution >= 0.6 is 0 Å². The summed E-state index contributed by atoms with van der Waals surface area (Å²) < 4.78 is 0. The summed E-state index contributed by atoms with van der Waals surface area (Å²) in [5, 5.41) is 29.7. The van der Waals surface area contributed by atoms with Gasteiger partial charge in [-0.2, -0.15) is 0 Å². The number of carbonyl (C=O) groups is 2. The Bertz CT molecular complexity index is 845. The van der Waals surface area contributed by atoms with Crippen molar-refractivity contribution in [1.29, 1.82) is 0 Å². The molecule has 23 heavy (non-hydrogen) atoms. The van der Waals surface area contributed by atoms with Crippen LogP contribution in [0.1, 0.15) is 15.9 Å². The molecule has 0 unspecified atom stereocenters. The van der Waals surface area contributed by atoms with E-state index >= 15 is 0 Å². The van der Waals surface area contributed by atoms with Gasteiger partial charge < -0.3 is 10.4 Å². The van der Waals surface area contributed by atoms with E-state index in [0.717, 1.165) is 0 Å². The van der Waals surface area contributed by atoms with Crippen molar-refractivity contribution in [3.8, 4) is 0 Å². The smallest absolute Gasteiger partial charge is 0.335 e. The lowest BCUT2D eigenvalue weighted by molar-refractivity contribution is -0.110. The Morgan fingerprint density at radius 1 is 1.13 bits per heavy atom. The molecule has 1 aliphatic rings. The Hall–Kier alpha value is -3.23. The summed E-state index contributed by atoms with van der Waals surface area (Å²) in [6.07, 6.45) is 0. The largest absolute Gasteiger partial charge is 0.478 e. The maximum absolute atomic E-state index is 12.0. The number of aromatic carboxylic acids is 1. The second-order valence-corrected chi connectivity index (χ2v) is 4.79. The fraction of sp³-hybridized carbons (Fsp3) is 0. The van der Waals surface area contributed by atoms with E-state index in [1.54, 1.807) is 6.07 Å². The Labute approximate surface area is 129 Å². The first kappa shape index (κ1) is 14.7. The molecule has 0 bridgehead atoms. The number of fused-ring (bicyclic) bond motifs is 1. The van der Waals surface area contributed by atoms with E-state index in [2.05, 4.69) is 10.3 Å². The normalized spacial score (nSPS) is 14.5. The SMILES string of the molecule is O=C1Nc2ccc(N(O)O)cc2/C1=N/c1cccc(C(=O)O)c1. The maximum atomic E-state index is 12.0. The van der Waals surface area contributed by atoms with Gasteiger partial charge in [0.2, 0.25) is 0 Å². The van der Waals surface area contributed by atoms with Crippen molar-refractivity contribution < 1.29 is 25.1 Å². The summed E-state index contributed by atoms with van der Waals surface area (Å²) in [5.41, 5.74) is 1.35. The lowest BCUT2D eigenvalue weighted by Crippen LogP contribution is -2.14. The van der Waals surface area contributed by atoms with E-state index in [1.165, 1.54) is 36.4 Å². The molecule has 8 heteroatoms. The molecule has 2 aromatic rings. The lowest BCUT2D eigenvalue weighted by atomic mass is 10.1. The molecule has 1 aliphatic heterocycles. The molecule has 8 nitrogen and oxygen atoms in total. The number of aliphatic imine (C=N–C) groups is 1. The Kier molecular flexibility index (Phi) is 3.53. The molecule has 0 atom stereocenters. The number of anilines is 2. The highest BCUT2D eigenvalue weighted by atomic mass is 16.8. The number of amides is 1. The third kappa shape index (κ3) is 2.76. The van der Waals surface area contributed by atoms with Gasteiger partial charge in [-0.05, 0) is 36.4 Å². The lowest BCUT2D eigenvalue weighted by Gasteiger charge is -2.08. The summed E-state index contributed by atoms with van der Waals surface area (Å²) in [6.45, 7) is 0. The first-order valence-electron chi connectivity index (χ1n) is 6.51. The average Bonchev–Trinajstić information content (AvgIpc) is 2.83. The van der Waals surface area contributed by atoms with Gasteiger partial charge in [-0.15, -0.1) is 5.23 Å². The molecular formula is C15H11N3O5. The summed E-state index contributed by atoms with van der Waals surface area (Å²) in [4.78, 5) is 27.2. The van der Waals surface area contributed by atoms with Crippen LogP contribution in [0.15, 0.2) is 47.5 Å². The molecule has 0 aliphatic carbocycles. The minimum absolute atomic E-state index is 0.0520. The number of hydrogen-bond donors (Lipinski definition) is 4. The molecule has 1 heterocycles. The molecule has 0 saturated carbocycles. The van der Waals surface area contributed by atoms with Crippen LogP contribution < -0.4 is 10.5 Å². The predicted molar refractivity (Wildman–Crippen MR) is 80.7 cm³/mol. The molecule has 1 amide bonds. The highest BCUT2D eigenvalue weighted by Gasteiger charge is 2.26. The number of nitrogens with one attached hydrogen (secondary N) is 1. The van der Waals surface area contributed by atoms with Crippen molar-refractivity contribution in [1.82, 2.24) is 0 Å². The van der Waals surface area contributed by atoms with Crippen LogP contribution in [0, 0.1) is 0 Å². The first-order chi connectivity index (χ1) is 11.0. The van der Waals surface area contributed by atoms with Crippen LogP contribution in [0.25, 0.3) is 0 Å². The van der Waals surface area contributed by atoms with Crippen LogP contribution in [0.2, 0.25) is 0 Å². The second kappa shape index (κ2) is 5.52. The van der Waals surface area contributed by atoms with Gasteiger partial charge in [0, 0.05) is 5.56 Å². The van der Waals surface area contributed by atoms with Crippen LogP contribution in [-0.2, 0) is 4.79 Å². The number of carboxylic acid groups (broad SMARTS) is 1. The fourth-order valence-corrected chi connectivity index (χ4v) is 2.21. The minimum atomic E-state index is -1.10. The van der Waals surface area contributed by atoms with Gasteiger partial charge >= 0.3 is 5.97 Å². The molecule has 0 fully saturated rings. The van der Waals surface area contributed by atoms with E-state index in [0.29, 0.717) is 16.9 Å². The van der Waals surface area contributed by atoms with Crippen LogP contribution in [-0.4, -0.2) is 33.1 Å². The monoisotopic (exact) mass is 313 g/mol. The van der Waals surface area contributed by atoms with Gasteiger partial charge in [0.1, 0.15) is 5.71 Å². The van der Waals surface area contributed by atoms with Gasteiger partial charge in [-0.1, -0.05) is 6.07 Å². The number of rotatable bonds is 3. The van der Waals surface area contributed by atoms with Crippen LogP contribution in [0.5, 0.6) is 0 Å². The molecule has 2 aromatic carbocycles. The van der Waals surface area contributed by atoms with Crippen molar-refractivity contribution in [3.05, 3.63) is 53.6 Å². The second-order valence-electron chi connectivity index (χ2n) is 4.79. The molecule has 0 saturated heterocycles. The topological polar surface area (TPSA) is 122 Å². The fourth-order valence-electron chi connectivity index (χ4n) is 2.21. The molecule has 4 N–H and O–H groups in total. The predicted octanol–water partition coefficient (Wildman–Crippen LogP) is 2.04. The first-order valence-corrected chi connectivity index (χ1v) is 6.51. The standard InChI is InChI=1S/C15H11N3O5/c19-14-13(16-9-3-1-2-8(6-9)15(20)21)11-7-10(18(22)23)4-5-12(11)17-14/h1-7,22-23H,(H,20,21)(H,16,17,19). The Morgan fingerprint density at radius 2 is 1.91 bits per heavy atom. The third-order valence-electron chi connectivity index (χ3n) is 3.29. The quantitative estimate of drug-likeness (QED) is 0.643. The van der Waals surface area contributed by atoms with Crippen molar-refractivity contribution in [2.24, 2.45) is 4.99 Å². The zero-order valence-corrected chi connectivity index (χ0v) is 11.6. The van der Waals surface area contributed by atoms with Crippen molar-refractivity contribution in [2.75, 3.05) is 10.5 Å². The summed E-state index contributed by atoms with van der Waals surface area (Å²) in [5.74, 6) is -1.55. The van der Waals surface area contributed by atoms with Crippen molar-refractivity contribution in [3.63, 3.8) is 0 Å². The van der Waals surface area contributed by atoms with E-state index < -0.39 is 11.9 Å². The molecular weight excluding hydrogens is 302 g/mol. The van der Waals surface area contributed by atoms with E-state index in [1.807, 2.05) is 0 Å². The average molecular weight is 313 g/mol. The van der Waals surface area contributed by atoms with E-state index in [4.69, 9.17) is 15.5 Å². The molecule has 3 rings (SSSR count). The number of nitrogens with zero attached hydrogens (tertiary/aromatic N) is 2. The van der Waals surface area contributed by atoms with Gasteiger partial charge in [-0.25, -0.2) is 9.79 Å². The minimum Gasteiger partial charge on any atom is -0.478 e. The Balaban J connectivity index is 2.07. The van der Waals surface area contributed by atoms with Crippen LogP contribution in [0.4, 0.5) is 17.1 Å². The Morgan fingerprint density at radius 3 is 2.61 bits per heavy atom. The summed E-state index contributed by atoms with van der Waals surface area (Å²) in [6, 6.07) is 10.2. The third-order valence-corrected chi connectivity index (χ3v) is 3.29. The molecule has 116 valence electrons. The van der Waals surface area contributed by atoms with Crippen molar-refractivity contribution in [2.45, 2.75) is 0 Å². The van der Waals surface area contributed by atoms with E-state index in [9.17, 15) is 9.59 Å². The molecule has 0 radical (unpaired) electrons. The van der Waals surface area contributed by atoms with Gasteiger partial charge in [0.15, 0.2) is 0 Å². The molecule has 0 spiro atoms. The zero-order valence-electron chi connectivity index (χ0n) is 11.6. The molecule has 0 aromatic heterocycles. The number of carboxylic acids is 1. The zero-order chi connectivity index (χ0) is 16.6. The van der Waals surface area contributed by atoms with Gasteiger partial charge in [0.25, 0.3) is 5.91 Å². The number of carbonyl (C=O) groups excluding carboxylic acids is 1. The van der Waals surface area contributed by atoms with Gasteiger partial charge in [0.05, 0.1) is 22.6 Å². The summed E-state index contributed by atoms with van der Waals surface area (Å²) >= 11 is 0. The highest BCUT2D eigenvalue weighted by Crippen LogP contribution is 2.29. The summed E-state index contributed by atoms with van der Waals surface area (Å²) in [7, 11) is 0. The maximum Gasteiger partial charge on any atom is 0.335 e. The van der Waals surface area contributed by atoms with Gasteiger partial charge in [-0.3, -0.25) is 15.2 Å². The number of hydrogen-bond acceptors (Lipinski definition) is 6. The highest BCUT2D eigenvalue weighted by molar-refractivity contribution is 6.54. The van der Waals surface area contributed by atoms with Crippen LogP contribution in [0.3, 0.4) is 0 Å². The number of benzene rings is 2. The van der Waals surface area contributed by atoms with Crippen molar-refractivity contribution >= 4 is 34.7 Å². The van der Waals surface area contributed by atoms with E-state index in [-0.39, 0.29) is 22.2 Å².